The first kappa shape index (κ1) is 15.7. The van der Waals surface area contributed by atoms with Crippen LogP contribution in [0.25, 0.3) is 0 Å². The number of hydrazone groups is 1. The van der Waals surface area contributed by atoms with Crippen molar-refractivity contribution >= 4 is 11.9 Å². The van der Waals surface area contributed by atoms with Gasteiger partial charge in [-0.2, -0.15) is 5.10 Å². The van der Waals surface area contributed by atoms with Crippen LogP contribution in [0.4, 0.5) is 10.1 Å². The van der Waals surface area contributed by atoms with E-state index in [-0.39, 0.29) is 18.2 Å². The summed E-state index contributed by atoms with van der Waals surface area (Å²) in [6, 6.07) is 23.8. The van der Waals surface area contributed by atoms with Gasteiger partial charge >= 0.3 is 0 Å². The number of anilines is 1. The lowest BCUT2D eigenvalue weighted by Crippen LogP contribution is -2.01. The summed E-state index contributed by atoms with van der Waals surface area (Å²) in [5, 5.41) is 4.24. The Morgan fingerprint density at radius 1 is 0.875 bits per heavy atom. The smallest absolute Gasteiger partial charge is 0.165 e. The molecule has 0 aromatic heterocycles. The summed E-state index contributed by atoms with van der Waals surface area (Å²) in [7, 11) is 0. The van der Waals surface area contributed by atoms with E-state index in [4.69, 9.17) is 4.74 Å². The number of ether oxygens (including phenoxy) is 1. The third-order valence-corrected chi connectivity index (χ3v) is 3.45. The van der Waals surface area contributed by atoms with Gasteiger partial charge in [-0.05, 0) is 29.8 Å². The van der Waals surface area contributed by atoms with Gasteiger partial charge in [0.25, 0.3) is 0 Å². The predicted octanol–water partition coefficient (Wildman–Crippen LogP) is 4.85. The second kappa shape index (κ2) is 7.92. The molecule has 0 unspecified atom stereocenters. The molecule has 0 atom stereocenters. The Morgan fingerprint density at radius 2 is 1.58 bits per heavy atom. The monoisotopic (exact) mass is 320 g/mol. The van der Waals surface area contributed by atoms with Crippen molar-refractivity contribution in [1.29, 1.82) is 0 Å². The maximum absolute atomic E-state index is 13.6. The molecule has 3 nitrogen and oxygen atoms in total. The number of halogens is 1. The number of nitrogens with zero attached hydrogens (tertiary/aromatic N) is 1. The predicted molar refractivity (Wildman–Crippen MR) is 94.8 cm³/mol. The van der Waals surface area contributed by atoms with Gasteiger partial charge in [0.05, 0.1) is 11.9 Å². The topological polar surface area (TPSA) is 33.6 Å². The van der Waals surface area contributed by atoms with Crippen LogP contribution in [0.3, 0.4) is 0 Å². The number of para-hydroxylation sites is 2. The Kier molecular flexibility index (Phi) is 5.20. The van der Waals surface area contributed by atoms with Crippen molar-refractivity contribution in [2.75, 3.05) is 5.43 Å². The summed E-state index contributed by atoms with van der Waals surface area (Å²) in [6.07, 6.45) is 1.73. The molecule has 4 heteroatoms. The number of rotatable bonds is 6. The summed E-state index contributed by atoms with van der Waals surface area (Å²) in [5.74, 6) is -0.124. The molecule has 120 valence electrons. The number of nitrogens with one attached hydrogen (secondary N) is 1. The lowest BCUT2D eigenvalue weighted by atomic mass is 10.1. The van der Waals surface area contributed by atoms with Crippen LogP contribution >= 0.6 is 0 Å². The second-order valence-electron chi connectivity index (χ2n) is 5.15. The van der Waals surface area contributed by atoms with Crippen molar-refractivity contribution in [2.24, 2.45) is 5.10 Å². The third kappa shape index (κ3) is 4.20. The van der Waals surface area contributed by atoms with Crippen LogP contribution in [0.1, 0.15) is 11.1 Å². The summed E-state index contributed by atoms with van der Waals surface area (Å²) in [4.78, 5) is 0. The average molecular weight is 320 g/mol. The molecule has 3 aromatic rings. The summed E-state index contributed by atoms with van der Waals surface area (Å²) in [6.45, 7) is 0.272. The fourth-order valence-corrected chi connectivity index (χ4v) is 2.20. The minimum absolute atomic E-state index is 0.242. The standard InChI is InChI=1S/C20H17FN2O/c21-19-12-6-7-13-20(19)24-15-17-9-5-4-8-16(17)14-22-23-18-10-2-1-3-11-18/h1-14,23H,15H2. The molecule has 0 saturated carbocycles. The van der Waals surface area contributed by atoms with Gasteiger partial charge in [-0.3, -0.25) is 5.43 Å². The molecule has 0 aliphatic heterocycles. The van der Waals surface area contributed by atoms with Crippen molar-refractivity contribution in [2.45, 2.75) is 6.61 Å². The maximum Gasteiger partial charge on any atom is 0.165 e. The maximum atomic E-state index is 13.6. The van der Waals surface area contributed by atoms with Crippen molar-refractivity contribution in [3.8, 4) is 5.75 Å². The van der Waals surface area contributed by atoms with Crippen LogP contribution in [0, 0.1) is 5.82 Å². The largest absolute Gasteiger partial charge is 0.486 e. The molecule has 0 fully saturated rings. The van der Waals surface area contributed by atoms with Crippen LogP contribution in [0.5, 0.6) is 5.75 Å². The van der Waals surface area contributed by atoms with Crippen molar-refractivity contribution < 1.29 is 9.13 Å². The highest BCUT2D eigenvalue weighted by Gasteiger charge is 2.04. The van der Waals surface area contributed by atoms with Gasteiger partial charge in [-0.1, -0.05) is 54.6 Å². The molecule has 1 N–H and O–H groups in total. The Labute approximate surface area is 140 Å². The molecule has 0 amide bonds. The number of hydrogen-bond acceptors (Lipinski definition) is 3. The van der Waals surface area contributed by atoms with E-state index in [0.717, 1.165) is 16.8 Å². The van der Waals surface area contributed by atoms with Gasteiger partial charge in [0.15, 0.2) is 11.6 Å². The third-order valence-electron chi connectivity index (χ3n) is 3.45. The average Bonchev–Trinajstić information content (AvgIpc) is 2.63. The Balaban J connectivity index is 1.68. The summed E-state index contributed by atoms with van der Waals surface area (Å²) in [5.41, 5.74) is 5.73. The fraction of sp³-hybridized carbons (Fsp3) is 0.0500. The molecule has 3 rings (SSSR count). The first-order valence-corrected chi connectivity index (χ1v) is 7.62. The van der Waals surface area contributed by atoms with E-state index in [1.165, 1.54) is 6.07 Å². The second-order valence-corrected chi connectivity index (χ2v) is 5.15. The van der Waals surface area contributed by atoms with Crippen molar-refractivity contribution in [3.63, 3.8) is 0 Å². The molecule has 0 radical (unpaired) electrons. The van der Waals surface area contributed by atoms with Gasteiger partial charge in [0.1, 0.15) is 6.61 Å². The lowest BCUT2D eigenvalue weighted by Gasteiger charge is -2.09. The van der Waals surface area contributed by atoms with Gasteiger partial charge in [0.2, 0.25) is 0 Å². The van der Waals surface area contributed by atoms with Crippen molar-refractivity contribution in [1.82, 2.24) is 0 Å². The van der Waals surface area contributed by atoms with Gasteiger partial charge in [-0.15, -0.1) is 0 Å². The molecule has 0 spiro atoms. The summed E-state index contributed by atoms with van der Waals surface area (Å²) >= 11 is 0. The van der Waals surface area contributed by atoms with E-state index in [0.29, 0.717) is 0 Å². The highest BCUT2D eigenvalue weighted by Crippen LogP contribution is 2.18. The minimum atomic E-state index is -0.366. The first-order valence-electron chi connectivity index (χ1n) is 7.62. The molecule has 0 aliphatic carbocycles. The normalized spacial score (nSPS) is 10.7. The van der Waals surface area contributed by atoms with E-state index < -0.39 is 0 Å². The van der Waals surface area contributed by atoms with E-state index in [1.54, 1.807) is 24.4 Å². The highest BCUT2D eigenvalue weighted by atomic mass is 19.1. The highest BCUT2D eigenvalue weighted by molar-refractivity contribution is 5.82. The van der Waals surface area contributed by atoms with Gasteiger partial charge < -0.3 is 4.74 Å². The van der Waals surface area contributed by atoms with Crippen LogP contribution in [0.15, 0.2) is 84.0 Å². The molecule has 0 aliphatic rings. The quantitative estimate of drug-likeness (QED) is 0.520. The molecular formula is C20H17FN2O. The van der Waals surface area contributed by atoms with E-state index >= 15 is 0 Å². The Morgan fingerprint density at radius 3 is 2.42 bits per heavy atom. The fourth-order valence-electron chi connectivity index (χ4n) is 2.20. The zero-order valence-corrected chi connectivity index (χ0v) is 13.0. The number of benzene rings is 3. The molecule has 0 bridgehead atoms. The lowest BCUT2D eigenvalue weighted by molar-refractivity contribution is 0.290. The minimum Gasteiger partial charge on any atom is -0.486 e. The van der Waals surface area contributed by atoms with E-state index in [1.807, 2.05) is 54.6 Å². The summed E-state index contributed by atoms with van der Waals surface area (Å²) < 4.78 is 19.2. The van der Waals surface area contributed by atoms with Crippen LogP contribution < -0.4 is 10.2 Å². The SMILES string of the molecule is Fc1ccccc1OCc1ccccc1C=NNc1ccccc1. The first-order chi connectivity index (χ1) is 11.8. The van der Waals surface area contributed by atoms with E-state index in [9.17, 15) is 4.39 Å². The van der Waals surface area contributed by atoms with Gasteiger partial charge in [-0.25, -0.2) is 4.39 Å². The van der Waals surface area contributed by atoms with Crippen molar-refractivity contribution in [3.05, 3.63) is 95.8 Å². The van der Waals surface area contributed by atoms with Crippen LogP contribution in [-0.4, -0.2) is 6.21 Å². The number of hydrogen-bond donors (Lipinski definition) is 1. The zero-order chi connectivity index (χ0) is 16.6. The molecule has 0 heterocycles. The van der Waals surface area contributed by atoms with Crippen LogP contribution in [-0.2, 0) is 6.61 Å². The Hall–Kier alpha value is -3.14. The van der Waals surface area contributed by atoms with E-state index in [2.05, 4.69) is 10.5 Å². The molecule has 3 aromatic carbocycles. The Bertz CT molecular complexity index is 819. The van der Waals surface area contributed by atoms with Gasteiger partial charge in [0, 0.05) is 5.56 Å². The molecule has 24 heavy (non-hydrogen) atoms. The van der Waals surface area contributed by atoms with Crippen LogP contribution in [0.2, 0.25) is 0 Å². The molecular weight excluding hydrogens is 303 g/mol. The zero-order valence-electron chi connectivity index (χ0n) is 13.0. The molecule has 0 saturated heterocycles.